The van der Waals surface area contributed by atoms with Crippen LogP contribution in [0.1, 0.15) is 59.8 Å². The molecule has 0 heterocycles. The maximum Gasteiger partial charge on any atom is 0.0169 e. The molecule has 2 unspecified atom stereocenters. The first-order chi connectivity index (χ1) is 8.02. The molecule has 0 aliphatic carbocycles. The van der Waals surface area contributed by atoms with E-state index in [0.29, 0.717) is 0 Å². The second-order valence-electron chi connectivity index (χ2n) is 5.78. The third kappa shape index (κ3) is 7.46. The van der Waals surface area contributed by atoms with Crippen LogP contribution in [0.15, 0.2) is 12.8 Å². The average molecular weight is 239 g/mol. The van der Waals surface area contributed by atoms with Gasteiger partial charge in [0, 0.05) is 13.6 Å². The van der Waals surface area contributed by atoms with Crippen molar-refractivity contribution >= 4 is 0 Å². The number of nitrogens with zero attached hydrogens (tertiary/aromatic N) is 1. The minimum absolute atomic E-state index is 0.826. The van der Waals surface area contributed by atoms with Gasteiger partial charge in [0.15, 0.2) is 0 Å². The number of hydrogen-bond donors (Lipinski definition) is 0. The van der Waals surface area contributed by atoms with Crippen LogP contribution in [0.2, 0.25) is 0 Å². The Morgan fingerprint density at radius 2 is 1.76 bits per heavy atom. The summed E-state index contributed by atoms with van der Waals surface area (Å²) in [7, 11) is 2.10. The first kappa shape index (κ1) is 16.5. The van der Waals surface area contributed by atoms with E-state index in [1.165, 1.54) is 32.1 Å². The molecule has 0 bridgehead atoms. The van der Waals surface area contributed by atoms with Crippen LogP contribution < -0.4 is 0 Å². The molecule has 0 spiro atoms. The molecule has 0 saturated heterocycles. The Balaban J connectivity index is 3.67. The van der Waals surface area contributed by atoms with Gasteiger partial charge < -0.3 is 4.90 Å². The van der Waals surface area contributed by atoms with Crippen LogP contribution >= 0.6 is 0 Å². The van der Waals surface area contributed by atoms with Gasteiger partial charge in [-0.25, -0.2) is 0 Å². The maximum atomic E-state index is 3.77. The van der Waals surface area contributed by atoms with Gasteiger partial charge in [-0.2, -0.15) is 0 Å². The van der Waals surface area contributed by atoms with Gasteiger partial charge in [0.05, 0.1) is 0 Å². The van der Waals surface area contributed by atoms with Crippen LogP contribution in [-0.2, 0) is 0 Å². The van der Waals surface area contributed by atoms with Crippen molar-refractivity contribution in [2.45, 2.75) is 59.8 Å². The molecule has 0 aromatic carbocycles. The van der Waals surface area contributed by atoms with Crippen LogP contribution in [0.25, 0.3) is 0 Å². The topological polar surface area (TPSA) is 3.24 Å². The van der Waals surface area contributed by atoms with Crippen molar-refractivity contribution in [3.63, 3.8) is 0 Å². The third-order valence-electron chi connectivity index (χ3n) is 4.22. The van der Waals surface area contributed by atoms with Crippen molar-refractivity contribution < 1.29 is 0 Å². The lowest BCUT2D eigenvalue weighted by molar-refractivity contribution is 0.248. The molecule has 1 nitrogen and oxygen atoms in total. The fourth-order valence-corrected chi connectivity index (χ4v) is 2.42. The van der Waals surface area contributed by atoms with Gasteiger partial charge in [-0.3, -0.25) is 0 Å². The van der Waals surface area contributed by atoms with Crippen molar-refractivity contribution in [2.75, 3.05) is 13.6 Å². The summed E-state index contributed by atoms with van der Waals surface area (Å²) in [4.78, 5) is 2.17. The Kier molecular flexibility index (Phi) is 9.30. The second-order valence-corrected chi connectivity index (χ2v) is 5.78. The van der Waals surface area contributed by atoms with Gasteiger partial charge in [0.2, 0.25) is 0 Å². The van der Waals surface area contributed by atoms with Gasteiger partial charge in [0.1, 0.15) is 0 Å². The van der Waals surface area contributed by atoms with E-state index in [9.17, 15) is 0 Å². The Hall–Kier alpha value is -0.460. The quantitative estimate of drug-likeness (QED) is 0.488. The Morgan fingerprint density at radius 3 is 2.24 bits per heavy atom. The van der Waals surface area contributed by atoms with Crippen LogP contribution in [0, 0.1) is 17.8 Å². The van der Waals surface area contributed by atoms with E-state index in [-0.39, 0.29) is 0 Å². The SMILES string of the molecule is C=CN(C)CCCCCC(CC)C(C)C(C)C. The maximum absolute atomic E-state index is 3.77. The van der Waals surface area contributed by atoms with Crippen molar-refractivity contribution in [3.8, 4) is 0 Å². The van der Waals surface area contributed by atoms with Gasteiger partial charge in [-0.1, -0.05) is 60.0 Å². The van der Waals surface area contributed by atoms with E-state index >= 15 is 0 Å². The normalized spacial score (nSPS) is 14.7. The zero-order valence-electron chi connectivity index (χ0n) is 12.7. The molecule has 0 aromatic heterocycles. The average Bonchev–Trinajstić information content (AvgIpc) is 2.32. The third-order valence-corrected chi connectivity index (χ3v) is 4.22. The zero-order chi connectivity index (χ0) is 13.3. The fraction of sp³-hybridized carbons (Fsp3) is 0.875. The molecule has 0 N–H and O–H groups in total. The summed E-state index contributed by atoms with van der Waals surface area (Å²) in [6.07, 6.45) is 8.71. The summed E-state index contributed by atoms with van der Waals surface area (Å²) in [5.74, 6) is 2.62. The zero-order valence-corrected chi connectivity index (χ0v) is 12.7. The summed E-state index contributed by atoms with van der Waals surface area (Å²) in [5.41, 5.74) is 0. The highest BCUT2D eigenvalue weighted by atomic mass is 15.1. The molecule has 1 heteroatoms. The number of rotatable bonds is 10. The molecule has 0 saturated carbocycles. The minimum Gasteiger partial charge on any atom is -0.381 e. The molecule has 102 valence electrons. The molecular weight excluding hydrogens is 206 g/mol. The molecule has 0 fully saturated rings. The Bertz CT molecular complexity index is 186. The van der Waals surface area contributed by atoms with Gasteiger partial charge in [-0.15, -0.1) is 0 Å². The van der Waals surface area contributed by atoms with E-state index in [1.54, 1.807) is 0 Å². The largest absolute Gasteiger partial charge is 0.381 e. The second kappa shape index (κ2) is 9.56. The van der Waals surface area contributed by atoms with Gasteiger partial charge in [-0.05, 0) is 30.4 Å². The van der Waals surface area contributed by atoms with E-state index in [1.807, 2.05) is 6.20 Å². The summed E-state index contributed by atoms with van der Waals surface area (Å²) in [6.45, 7) is 14.4. The van der Waals surface area contributed by atoms with E-state index in [2.05, 4.69) is 46.2 Å². The van der Waals surface area contributed by atoms with Gasteiger partial charge in [0.25, 0.3) is 0 Å². The lowest BCUT2D eigenvalue weighted by Gasteiger charge is -2.26. The highest BCUT2D eigenvalue weighted by Crippen LogP contribution is 2.27. The van der Waals surface area contributed by atoms with Crippen molar-refractivity contribution in [1.82, 2.24) is 4.90 Å². The summed E-state index contributed by atoms with van der Waals surface area (Å²) >= 11 is 0. The van der Waals surface area contributed by atoms with Crippen molar-refractivity contribution in [1.29, 1.82) is 0 Å². The monoisotopic (exact) mass is 239 g/mol. The minimum atomic E-state index is 0.826. The smallest absolute Gasteiger partial charge is 0.0169 e. The Labute approximate surface area is 109 Å². The Morgan fingerprint density at radius 1 is 1.12 bits per heavy atom. The van der Waals surface area contributed by atoms with E-state index < -0.39 is 0 Å². The lowest BCUT2D eigenvalue weighted by atomic mass is 9.80. The molecule has 0 aliphatic heterocycles. The van der Waals surface area contributed by atoms with Crippen molar-refractivity contribution in [2.24, 2.45) is 17.8 Å². The van der Waals surface area contributed by atoms with Crippen LogP contribution in [-0.4, -0.2) is 18.5 Å². The standard InChI is InChI=1S/C16H33N/c1-7-16(15(5)14(3)4)12-10-9-11-13-17(6)8-2/h8,14-16H,2,7,9-13H2,1,3-6H3. The van der Waals surface area contributed by atoms with Crippen LogP contribution in [0.3, 0.4) is 0 Å². The first-order valence-electron chi connectivity index (χ1n) is 7.35. The molecule has 17 heavy (non-hydrogen) atoms. The van der Waals surface area contributed by atoms with Crippen LogP contribution in [0.4, 0.5) is 0 Å². The number of hydrogen-bond acceptors (Lipinski definition) is 1. The number of unbranched alkanes of at least 4 members (excludes halogenated alkanes) is 2. The van der Waals surface area contributed by atoms with Crippen molar-refractivity contribution in [3.05, 3.63) is 12.8 Å². The molecule has 0 aromatic rings. The molecule has 0 aliphatic rings. The molecule has 0 amide bonds. The lowest BCUT2D eigenvalue weighted by Crippen LogP contribution is -2.16. The van der Waals surface area contributed by atoms with E-state index in [4.69, 9.17) is 0 Å². The summed E-state index contributed by atoms with van der Waals surface area (Å²) in [6, 6.07) is 0. The van der Waals surface area contributed by atoms with E-state index in [0.717, 1.165) is 24.3 Å². The highest BCUT2D eigenvalue weighted by Gasteiger charge is 2.17. The predicted octanol–water partition coefficient (Wildman–Crippen LogP) is 4.94. The molecule has 0 rings (SSSR count). The van der Waals surface area contributed by atoms with Crippen LogP contribution in [0.5, 0.6) is 0 Å². The molecule has 2 atom stereocenters. The molecule has 0 radical (unpaired) electrons. The predicted molar refractivity (Wildman–Crippen MR) is 79.1 cm³/mol. The first-order valence-corrected chi connectivity index (χ1v) is 7.35. The fourth-order valence-electron chi connectivity index (χ4n) is 2.42. The summed E-state index contributed by atoms with van der Waals surface area (Å²) < 4.78 is 0. The summed E-state index contributed by atoms with van der Waals surface area (Å²) in [5, 5.41) is 0. The highest BCUT2D eigenvalue weighted by molar-refractivity contribution is 4.69. The molecular formula is C16H33N. The van der Waals surface area contributed by atoms with Gasteiger partial charge >= 0.3 is 0 Å².